The van der Waals surface area contributed by atoms with Crippen molar-refractivity contribution in [3.63, 3.8) is 0 Å². The second kappa shape index (κ2) is 8.83. The lowest BCUT2D eigenvalue weighted by Gasteiger charge is -2.11. The highest BCUT2D eigenvalue weighted by atomic mass is 19.4. The third-order valence-corrected chi connectivity index (χ3v) is 4.52. The van der Waals surface area contributed by atoms with Crippen LogP contribution in [0.4, 0.5) is 13.2 Å². The summed E-state index contributed by atoms with van der Waals surface area (Å²) in [5.41, 5.74) is 0.974. The number of ether oxygens (including phenoxy) is 1. The minimum atomic E-state index is -4.41. The molecule has 30 heavy (non-hydrogen) atoms. The van der Waals surface area contributed by atoms with Gasteiger partial charge in [-0.2, -0.15) is 18.3 Å². The Morgan fingerprint density at radius 2 is 1.93 bits per heavy atom. The molecule has 1 N–H and O–H groups in total. The molecule has 0 bridgehead atoms. The minimum absolute atomic E-state index is 0.127. The summed E-state index contributed by atoms with van der Waals surface area (Å²) in [6.45, 7) is 4.85. The minimum Gasteiger partial charge on any atom is -0.379 e. The maximum atomic E-state index is 12.8. The molecule has 3 rings (SSSR count). The Labute approximate surface area is 172 Å². The van der Waals surface area contributed by atoms with Crippen LogP contribution in [0.1, 0.15) is 36.2 Å². The summed E-state index contributed by atoms with van der Waals surface area (Å²) in [4.78, 5) is 17.3. The molecule has 1 aromatic carbocycles. The third kappa shape index (κ3) is 4.96. The van der Waals surface area contributed by atoms with Crippen molar-refractivity contribution in [3.05, 3.63) is 47.7 Å². The lowest BCUT2D eigenvalue weighted by molar-refractivity contribution is -0.137. The molecule has 0 aliphatic rings. The molecule has 0 atom stereocenters. The first kappa shape index (κ1) is 21.8. The van der Waals surface area contributed by atoms with E-state index in [1.54, 1.807) is 19.3 Å². The van der Waals surface area contributed by atoms with Crippen molar-refractivity contribution in [3.8, 4) is 11.3 Å². The van der Waals surface area contributed by atoms with Crippen molar-refractivity contribution in [2.75, 3.05) is 13.2 Å². The monoisotopic (exact) mass is 420 g/mol. The van der Waals surface area contributed by atoms with E-state index in [9.17, 15) is 18.0 Å². The number of hydrogen-bond donors (Lipinski definition) is 1. The van der Waals surface area contributed by atoms with Crippen LogP contribution >= 0.6 is 0 Å². The number of amides is 1. The number of halogens is 3. The number of pyridine rings is 1. The second-order valence-corrected chi connectivity index (χ2v) is 7.16. The van der Waals surface area contributed by atoms with Crippen molar-refractivity contribution >= 4 is 16.9 Å². The molecule has 0 saturated heterocycles. The Morgan fingerprint density at radius 1 is 1.23 bits per heavy atom. The SMILES string of the molecule is CC(C)OCCCNC(=O)c1cc(-c2ccc(C(F)(F)F)cc2)nc2c1cnn2C. The van der Waals surface area contributed by atoms with E-state index in [4.69, 9.17) is 4.74 Å². The van der Waals surface area contributed by atoms with Crippen LogP contribution in [0.25, 0.3) is 22.3 Å². The number of nitrogens with one attached hydrogen (secondary N) is 1. The van der Waals surface area contributed by atoms with Gasteiger partial charge in [-0.15, -0.1) is 0 Å². The van der Waals surface area contributed by atoms with Crippen LogP contribution in [0.2, 0.25) is 0 Å². The largest absolute Gasteiger partial charge is 0.416 e. The van der Waals surface area contributed by atoms with Crippen molar-refractivity contribution < 1.29 is 22.7 Å². The van der Waals surface area contributed by atoms with Gasteiger partial charge in [-0.3, -0.25) is 9.48 Å². The highest BCUT2D eigenvalue weighted by Crippen LogP contribution is 2.31. The van der Waals surface area contributed by atoms with E-state index in [1.807, 2.05) is 13.8 Å². The lowest BCUT2D eigenvalue weighted by atomic mass is 10.0. The zero-order valence-corrected chi connectivity index (χ0v) is 17.0. The van der Waals surface area contributed by atoms with Gasteiger partial charge in [-0.05, 0) is 38.5 Å². The molecule has 0 fully saturated rings. The number of benzene rings is 1. The number of fused-ring (bicyclic) bond motifs is 1. The fourth-order valence-corrected chi connectivity index (χ4v) is 2.97. The molecule has 9 heteroatoms. The molecular weight excluding hydrogens is 397 g/mol. The van der Waals surface area contributed by atoms with Crippen LogP contribution in [0.15, 0.2) is 36.5 Å². The molecule has 0 unspecified atom stereocenters. The molecule has 2 aromatic heterocycles. The first-order valence-electron chi connectivity index (χ1n) is 9.57. The Hall–Kier alpha value is -2.94. The summed E-state index contributed by atoms with van der Waals surface area (Å²) < 4.78 is 45.5. The van der Waals surface area contributed by atoms with Gasteiger partial charge in [-0.25, -0.2) is 4.98 Å². The van der Waals surface area contributed by atoms with Crippen LogP contribution < -0.4 is 5.32 Å². The first-order chi connectivity index (χ1) is 14.2. The number of carbonyl (C=O) groups excluding carboxylic acids is 1. The normalized spacial score (nSPS) is 12.0. The van der Waals surface area contributed by atoms with Gasteiger partial charge < -0.3 is 10.1 Å². The maximum Gasteiger partial charge on any atom is 0.416 e. The van der Waals surface area contributed by atoms with E-state index in [0.717, 1.165) is 12.1 Å². The number of rotatable bonds is 7. The molecular formula is C21H23F3N4O2. The quantitative estimate of drug-likeness (QED) is 0.582. The Kier molecular flexibility index (Phi) is 6.40. The van der Waals surface area contributed by atoms with E-state index in [-0.39, 0.29) is 12.0 Å². The molecule has 160 valence electrons. The van der Waals surface area contributed by atoms with Gasteiger partial charge in [-0.1, -0.05) is 12.1 Å². The fraction of sp³-hybridized carbons (Fsp3) is 0.381. The molecule has 0 aliphatic carbocycles. The summed E-state index contributed by atoms with van der Waals surface area (Å²) in [7, 11) is 1.69. The number of alkyl halides is 3. The van der Waals surface area contributed by atoms with Crippen LogP contribution in [-0.4, -0.2) is 39.9 Å². The zero-order chi connectivity index (χ0) is 21.9. The van der Waals surface area contributed by atoms with Crippen molar-refractivity contribution in [2.45, 2.75) is 32.5 Å². The smallest absolute Gasteiger partial charge is 0.379 e. The average molecular weight is 420 g/mol. The van der Waals surface area contributed by atoms with E-state index in [2.05, 4.69) is 15.4 Å². The molecule has 0 radical (unpaired) electrons. The van der Waals surface area contributed by atoms with E-state index < -0.39 is 11.7 Å². The van der Waals surface area contributed by atoms with Crippen LogP contribution in [-0.2, 0) is 18.0 Å². The van der Waals surface area contributed by atoms with Crippen LogP contribution in [0.5, 0.6) is 0 Å². The summed E-state index contributed by atoms with van der Waals surface area (Å²) in [5, 5.41) is 7.58. The standard InChI is InChI=1S/C21H23F3N4O2/c1-13(2)30-10-4-9-25-20(29)16-11-18(27-19-17(16)12-26-28(19)3)14-5-7-15(8-6-14)21(22,23)24/h5-8,11-13H,4,9-10H2,1-3H3,(H,25,29). The lowest BCUT2D eigenvalue weighted by Crippen LogP contribution is -2.26. The van der Waals surface area contributed by atoms with Crippen molar-refractivity contribution in [1.29, 1.82) is 0 Å². The summed E-state index contributed by atoms with van der Waals surface area (Å²) in [5.74, 6) is -0.298. The number of hydrogen-bond acceptors (Lipinski definition) is 4. The highest BCUT2D eigenvalue weighted by molar-refractivity contribution is 6.06. The Balaban J connectivity index is 1.87. The Bertz CT molecular complexity index is 1030. The van der Waals surface area contributed by atoms with Crippen LogP contribution in [0.3, 0.4) is 0 Å². The molecule has 6 nitrogen and oxygen atoms in total. The molecule has 0 saturated carbocycles. The third-order valence-electron chi connectivity index (χ3n) is 4.52. The molecule has 1 amide bonds. The number of aryl methyl sites for hydroxylation is 1. The number of carbonyl (C=O) groups is 1. The summed E-state index contributed by atoms with van der Waals surface area (Å²) >= 11 is 0. The van der Waals surface area contributed by atoms with Crippen LogP contribution in [0, 0.1) is 0 Å². The van der Waals surface area contributed by atoms with Gasteiger partial charge in [0.25, 0.3) is 5.91 Å². The summed E-state index contributed by atoms with van der Waals surface area (Å²) in [6.07, 6.45) is -2.07. The molecule has 2 heterocycles. The van der Waals surface area contributed by atoms with Gasteiger partial charge in [0.2, 0.25) is 0 Å². The second-order valence-electron chi connectivity index (χ2n) is 7.16. The number of nitrogens with zero attached hydrogens (tertiary/aromatic N) is 3. The number of aromatic nitrogens is 3. The molecule has 3 aromatic rings. The van der Waals surface area contributed by atoms with Gasteiger partial charge in [0.1, 0.15) is 0 Å². The summed E-state index contributed by atoms with van der Waals surface area (Å²) in [6, 6.07) is 6.26. The Morgan fingerprint density at radius 3 is 2.57 bits per heavy atom. The predicted molar refractivity (Wildman–Crippen MR) is 107 cm³/mol. The van der Waals surface area contributed by atoms with E-state index in [1.165, 1.54) is 16.8 Å². The zero-order valence-electron chi connectivity index (χ0n) is 17.0. The average Bonchev–Trinajstić information content (AvgIpc) is 3.07. The maximum absolute atomic E-state index is 12.8. The predicted octanol–water partition coefficient (Wildman–Crippen LogP) is 4.20. The van der Waals surface area contributed by atoms with E-state index in [0.29, 0.717) is 47.4 Å². The van der Waals surface area contributed by atoms with Crippen molar-refractivity contribution in [1.82, 2.24) is 20.1 Å². The first-order valence-corrected chi connectivity index (χ1v) is 9.57. The fourth-order valence-electron chi connectivity index (χ4n) is 2.97. The molecule has 0 aliphatic heterocycles. The topological polar surface area (TPSA) is 69.0 Å². The highest BCUT2D eigenvalue weighted by Gasteiger charge is 2.30. The molecule has 0 spiro atoms. The van der Waals surface area contributed by atoms with Gasteiger partial charge in [0.05, 0.1) is 34.5 Å². The van der Waals surface area contributed by atoms with Gasteiger partial charge in [0, 0.05) is 25.8 Å². The van der Waals surface area contributed by atoms with Gasteiger partial charge in [0.15, 0.2) is 5.65 Å². The van der Waals surface area contributed by atoms with Gasteiger partial charge >= 0.3 is 6.18 Å². The van der Waals surface area contributed by atoms with E-state index >= 15 is 0 Å². The van der Waals surface area contributed by atoms with Crippen molar-refractivity contribution in [2.24, 2.45) is 7.05 Å².